The number of benzene rings is 1. The maximum atomic E-state index is 13.4. The molecule has 0 spiro atoms. The molecule has 0 aromatic heterocycles. The number of halogens is 1. The lowest BCUT2D eigenvalue weighted by molar-refractivity contribution is -0.115. The van der Waals surface area contributed by atoms with E-state index in [0.29, 0.717) is 29.2 Å². The first-order valence-electron chi connectivity index (χ1n) is 5.77. The minimum Gasteiger partial charge on any atom is -0.388 e. The number of carbonyl (C=O) groups excluding carboxylic acids is 1. The van der Waals surface area contributed by atoms with Crippen LogP contribution in [0, 0.1) is 11.7 Å². The lowest BCUT2D eigenvalue weighted by Gasteiger charge is -2.16. The average Bonchev–Trinajstić information content (AvgIpc) is 2.55. The molecule has 1 heterocycles. The first kappa shape index (κ1) is 12.0. The van der Waals surface area contributed by atoms with Crippen molar-refractivity contribution in [3.63, 3.8) is 0 Å². The van der Waals surface area contributed by atoms with Gasteiger partial charge in [0.15, 0.2) is 0 Å². The molecular formula is C13H16FNO2. The lowest BCUT2D eigenvalue weighted by atomic mass is 9.96. The first-order valence-corrected chi connectivity index (χ1v) is 5.77. The Kier molecular flexibility index (Phi) is 3.15. The summed E-state index contributed by atoms with van der Waals surface area (Å²) in [5.41, 5.74) is 1.71. The van der Waals surface area contributed by atoms with Crippen molar-refractivity contribution in [2.24, 2.45) is 5.92 Å². The second-order valence-corrected chi connectivity index (χ2v) is 4.90. The van der Waals surface area contributed by atoms with Crippen molar-refractivity contribution in [2.45, 2.75) is 32.8 Å². The standard InChI is InChI=1S/C13H16FNO2/c1-7(2)3-11(16)10-6-9(14)4-8-5-12(17)15-13(8)10/h4,6-7,11,16H,3,5H2,1-2H3,(H,15,17). The molecule has 1 unspecified atom stereocenters. The van der Waals surface area contributed by atoms with Gasteiger partial charge in [0.1, 0.15) is 5.82 Å². The maximum absolute atomic E-state index is 13.4. The number of carbonyl (C=O) groups is 1. The number of amides is 1. The fourth-order valence-corrected chi connectivity index (χ4v) is 2.17. The molecule has 1 aliphatic rings. The molecule has 17 heavy (non-hydrogen) atoms. The van der Waals surface area contributed by atoms with E-state index in [1.807, 2.05) is 13.8 Å². The van der Waals surface area contributed by atoms with Gasteiger partial charge < -0.3 is 10.4 Å². The summed E-state index contributed by atoms with van der Waals surface area (Å²) in [5.74, 6) is -0.248. The molecule has 1 aliphatic heterocycles. The zero-order valence-corrected chi connectivity index (χ0v) is 9.96. The van der Waals surface area contributed by atoms with Crippen LogP contribution in [0.1, 0.15) is 37.5 Å². The zero-order chi connectivity index (χ0) is 12.6. The number of fused-ring (bicyclic) bond motifs is 1. The molecule has 2 N–H and O–H groups in total. The van der Waals surface area contributed by atoms with Gasteiger partial charge in [-0.25, -0.2) is 4.39 Å². The van der Waals surface area contributed by atoms with Crippen molar-refractivity contribution < 1.29 is 14.3 Å². The minimum atomic E-state index is -0.738. The molecule has 1 amide bonds. The summed E-state index contributed by atoms with van der Waals surface area (Å²) >= 11 is 0. The number of hydrogen-bond acceptors (Lipinski definition) is 2. The second kappa shape index (κ2) is 4.45. The van der Waals surface area contributed by atoms with Crippen LogP contribution in [-0.4, -0.2) is 11.0 Å². The van der Waals surface area contributed by atoms with E-state index in [9.17, 15) is 14.3 Å². The molecule has 1 aromatic rings. The number of hydrogen-bond donors (Lipinski definition) is 2. The van der Waals surface area contributed by atoms with E-state index in [4.69, 9.17) is 0 Å². The van der Waals surface area contributed by atoms with Crippen LogP contribution >= 0.6 is 0 Å². The van der Waals surface area contributed by atoms with Gasteiger partial charge in [0.25, 0.3) is 0 Å². The molecule has 0 bridgehead atoms. The van der Waals surface area contributed by atoms with Crippen molar-refractivity contribution in [3.8, 4) is 0 Å². The van der Waals surface area contributed by atoms with Crippen LogP contribution in [0.25, 0.3) is 0 Å². The van der Waals surface area contributed by atoms with Crippen LogP contribution in [0.5, 0.6) is 0 Å². The van der Waals surface area contributed by atoms with E-state index in [2.05, 4.69) is 5.32 Å². The first-order chi connectivity index (χ1) is 7.97. The van der Waals surface area contributed by atoms with E-state index in [1.165, 1.54) is 12.1 Å². The minimum absolute atomic E-state index is 0.149. The van der Waals surface area contributed by atoms with Gasteiger partial charge in [0.2, 0.25) is 5.91 Å². The normalized spacial score (nSPS) is 15.9. The Labute approximate surface area is 99.7 Å². The topological polar surface area (TPSA) is 49.3 Å². The smallest absolute Gasteiger partial charge is 0.228 e. The number of aliphatic hydroxyl groups excluding tert-OH is 1. The Bertz CT molecular complexity index is 457. The van der Waals surface area contributed by atoms with Crippen LogP contribution < -0.4 is 5.32 Å². The van der Waals surface area contributed by atoms with Gasteiger partial charge >= 0.3 is 0 Å². The predicted octanol–water partition coefficient (Wildman–Crippen LogP) is 2.40. The third-order valence-electron chi connectivity index (χ3n) is 2.88. The SMILES string of the molecule is CC(C)CC(O)c1cc(F)cc2c1NC(=O)C2. The van der Waals surface area contributed by atoms with Crippen LogP contribution in [0.15, 0.2) is 12.1 Å². The van der Waals surface area contributed by atoms with Gasteiger partial charge in [0.05, 0.1) is 18.2 Å². The van der Waals surface area contributed by atoms with E-state index in [1.54, 1.807) is 0 Å². The van der Waals surface area contributed by atoms with E-state index < -0.39 is 11.9 Å². The summed E-state index contributed by atoms with van der Waals surface area (Å²) in [6.07, 6.45) is -0.00174. The summed E-state index contributed by atoms with van der Waals surface area (Å²) in [4.78, 5) is 11.3. The molecule has 0 aliphatic carbocycles. The lowest BCUT2D eigenvalue weighted by Crippen LogP contribution is -2.08. The van der Waals surface area contributed by atoms with Crippen LogP contribution in [0.4, 0.5) is 10.1 Å². The van der Waals surface area contributed by atoms with E-state index >= 15 is 0 Å². The summed E-state index contributed by atoms with van der Waals surface area (Å²) in [7, 11) is 0. The second-order valence-electron chi connectivity index (χ2n) is 4.90. The Morgan fingerprint density at radius 1 is 1.47 bits per heavy atom. The van der Waals surface area contributed by atoms with Crippen molar-refractivity contribution in [1.29, 1.82) is 0 Å². The molecule has 0 saturated heterocycles. The van der Waals surface area contributed by atoms with Gasteiger partial charge in [0, 0.05) is 5.56 Å². The van der Waals surface area contributed by atoms with Gasteiger partial charge in [-0.3, -0.25) is 4.79 Å². The fourth-order valence-electron chi connectivity index (χ4n) is 2.17. The summed E-state index contributed by atoms with van der Waals surface area (Å²) < 4.78 is 13.4. The number of anilines is 1. The van der Waals surface area contributed by atoms with E-state index in [-0.39, 0.29) is 12.3 Å². The summed E-state index contributed by atoms with van der Waals surface area (Å²) in [6.45, 7) is 3.97. The van der Waals surface area contributed by atoms with Crippen molar-refractivity contribution in [3.05, 3.63) is 29.1 Å². The van der Waals surface area contributed by atoms with Crippen molar-refractivity contribution in [1.82, 2.24) is 0 Å². The highest BCUT2D eigenvalue weighted by molar-refractivity contribution is 6.00. The third-order valence-corrected chi connectivity index (χ3v) is 2.88. The molecule has 3 nitrogen and oxygen atoms in total. The Morgan fingerprint density at radius 2 is 2.18 bits per heavy atom. The van der Waals surface area contributed by atoms with Gasteiger partial charge in [-0.1, -0.05) is 13.8 Å². The zero-order valence-electron chi connectivity index (χ0n) is 9.96. The highest BCUT2D eigenvalue weighted by Crippen LogP contribution is 2.34. The number of rotatable bonds is 3. The van der Waals surface area contributed by atoms with Crippen LogP contribution in [0.2, 0.25) is 0 Å². The number of nitrogens with one attached hydrogen (secondary N) is 1. The maximum Gasteiger partial charge on any atom is 0.228 e. The monoisotopic (exact) mass is 237 g/mol. The van der Waals surface area contributed by atoms with Gasteiger partial charge in [-0.15, -0.1) is 0 Å². The molecule has 92 valence electrons. The molecule has 4 heteroatoms. The molecule has 1 atom stereocenters. The Hall–Kier alpha value is -1.42. The highest BCUT2D eigenvalue weighted by Gasteiger charge is 2.25. The van der Waals surface area contributed by atoms with Crippen molar-refractivity contribution in [2.75, 3.05) is 5.32 Å². The quantitative estimate of drug-likeness (QED) is 0.848. The molecule has 2 rings (SSSR count). The summed E-state index contributed by atoms with van der Waals surface area (Å²) in [5, 5.41) is 12.7. The fraction of sp³-hybridized carbons (Fsp3) is 0.462. The molecule has 1 aromatic carbocycles. The third kappa shape index (κ3) is 2.47. The van der Waals surface area contributed by atoms with Crippen molar-refractivity contribution >= 4 is 11.6 Å². The molecule has 0 fully saturated rings. The highest BCUT2D eigenvalue weighted by atomic mass is 19.1. The summed E-state index contributed by atoms with van der Waals surface area (Å²) in [6, 6.07) is 2.65. The van der Waals surface area contributed by atoms with Gasteiger partial charge in [-0.2, -0.15) is 0 Å². The Balaban J connectivity index is 2.37. The van der Waals surface area contributed by atoms with Crippen LogP contribution in [0.3, 0.4) is 0 Å². The largest absolute Gasteiger partial charge is 0.388 e. The number of aliphatic hydroxyl groups is 1. The predicted molar refractivity (Wildman–Crippen MR) is 63.1 cm³/mol. The molecule has 0 saturated carbocycles. The molecular weight excluding hydrogens is 221 g/mol. The Morgan fingerprint density at radius 3 is 2.82 bits per heavy atom. The average molecular weight is 237 g/mol. The van der Waals surface area contributed by atoms with Gasteiger partial charge in [-0.05, 0) is 30.0 Å². The van der Waals surface area contributed by atoms with E-state index in [0.717, 1.165) is 0 Å². The molecule has 0 radical (unpaired) electrons. The van der Waals surface area contributed by atoms with Crippen LogP contribution in [-0.2, 0) is 11.2 Å².